The van der Waals surface area contributed by atoms with Crippen LogP contribution in [0.3, 0.4) is 0 Å². The molecule has 0 aliphatic heterocycles. The predicted molar refractivity (Wildman–Crippen MR) is 71.5 cm³/mol. The number of benzene rings is 1. The summed E-state index contributed by atoms with van der Waals surface area (Å²) >= 11 is 3.42. The van der Waals surface area contributed by atoms with Crippen LogP contribution < -0.4 is 5.73 Å². The summed E-state index contributed by atoms with van der Waals surface area (Å²) in [5.41, 5.74) is 7.45. The fourth-order valence-corrected chi connectivity index (χ4v) is 2.37. The van der Waals surface area contributed by atoms with Gasteiger partial charge in [0.1, 0.15) is 11.6 Å². The van der Waals surface area contributed by atoms with Crippen LogP contribution in [0.25, 0.3) is 11.4 Å². The Hall–Kier alpha value is -1.49. The number of hydrogen-bond acceptors (Lipinski definition) is 3. The van der Waals surface area contributed by atoms with Crippen molar-refractivity contribution in [3.05, 3.63) is 40.2 Å². The van der Waals surface area contributed by atoms with Crippen molar-refractivity contribution >= 4 is 21.7 Å². The molecule has 92 valence electrons. The summed E-state index contributed by atoms with van der Waals surface area (Å²) in [4.78, 5) is 8.71. The minimum atomic E-state index is -0.300. The molecule has 1 aliphatic carbocycles. The van der Waals surface area contributed by atoms with Crippen molar-refractivity contribution < 1.29 is 4.39 Å². The van der Waals surface area contributed by atoms with Crippen molar-refractivity contribution in [1.29, 1.82) is 0 Å². The summed E-state index contributed by atoms with van der Waals surface area (Å²) in [5, 5.41) is 0. The molecule has 3 nitrogen and oxygen atoms in total. The van der Waals surface area contributed by atoms with Crippen molar-refractivity contribution in [2.24, 2.45) is 0 Å². The molecule has 0 spiro atoms. The summed E-state index contributed by atoms with van der Waals surface area (Å²) < 4.78 is 14.0. The maximum absolute atomic E-state index is 13.2. The number of anilines is 1. The van der Waals surface area contributed by atoms with E-state index in [0.717, 1.165) is 23.0 Å². The molecular formula is C13H11BrFN3. The predicted octanol–water partition coefficient (Wildman–Crippen LogP) is 3.50. The summed E-state index contributed by atoms with van der Waals surface area (Å²) in [7, 11) is 0. The third-order valence-corrected chi connectivity index (χ3v) is 3.76. The average Bonchev–Trinajstić information content (AvgIpc) is 3.16. The molecule has 1 aromatic carbocycles. The zero-order valence-electron chi connectivity index (χ0n) is 9.53. The molecule has 0 saturated heterocycles. The molecule has 2 aromatic rings. The summed E-state index contributed by atoms with van der Waals surface area (Å²) in [6.45, 7) is 0. The topological polar surface area (TPSA) is 51.8 Å². The highest BCUT2D eigenvalue weighted by atomic mass is 79.9. The van der Waals surface area contributed by atoms with E-state index in [2.05, 4.69) is 25.9 Å². The second kappa shape index (κ2) is 4.31. The van der Waals surface area contributed by atoms with Crippen molar-refractivity contribution in [3.8, 4) is 11.4 Å². The Bertz CT molecular complexity index is 611. The molecule has 0 radical (unpaired) electrons. The van der Waals surface area contributed by atoms with E-state index < -0.39 is 0 Å². The molecule has 1 fully saturated rings. The van der Waals surface area contributed by atoms with Gasteiger partial charge in [-0.2, -0.15) is 0 Å². The lowest BCUT2D eigenvalue weighted by Crippen LogP contribution is -2.02. The molecule has 18 heavy (non-hydrogen) atoms. The van der Waals surface area contributed by atoms with Crippen LogP contribution in [-0.4, -0.2) is 9.97 Å². The second-order valence-corrected chi connectivity index (χ2v) is 5.21. The lowest BCUT2D eigenvalue weighted by molar-refractivity contribution is 0.628. The number of nitrogens with zero attached hydrogens (tertiary/aromatic N) is 2. The lowest BCUT2D eigenvalue weighted by atomic mass is 10.2. The summed E-state index contributed by atoms with van der Waals surface area (Å²) in [6, 6.07) is 6.23. The highest BCUT2D eigenvalue weighted by Crippen LogP contribution is 2.43. The van der Waals surface area contributed by atoms with Crippen LogP contribution >= 0.6 is 15.9 Å². The molecule has 5 heteroatoms. The Morgan fingerprint density at radius 1 is 1.28 bits per heavy atom. The van der Waals surface area contributed by atoms with Gasteiger partial charge in [0.05, 0.1) is 10.2 Å². The smallest absolute Gasteiger partial charge is 0.161 e. The number of aromatic nitrogens is 2. The van der Waals surface area contributed by atoms with Crippen LogP contribution in [0.5, 0.6) is 0 Å². The van der Waals surface area contributed by atoms with E-state index in [0.29, 0.717) is 23.1 Å². The highest BCUT2D eigenvalue weighted by Gasteiger charge is 2.29. The molecule has 2 N–H and O–H groups in total. The number of hydrogen-bond donors (Lipinski definition) is 1. The van der Waals surface area contributed by atoms with Crippen LogP contribution in [-0.2, 0) is 0 Å². The highest BCUT2D eigenvalue weighted by molar-refractivity contribution is 9.10. The SMILES string of the molecule is Nc1nc(-c2cccc(F)c2)nc(C2CC2)c1Br. The first-order chi connectivity index (χ1) is 8.65. The van der Waals surface area contributed by atoms with Crippen LogP contribution in [0.2, 0.25) is 0 Å². The zero-order chi connectivity index (χ0) is 12.7. The van der Waals surface area contributed by atoms with Crippen molar-refractivity contribution in [3.63, 3.8) is 0 Å². The quantitative estimate of drug-likeness (QED) is 0.923. The van der Waals surface area contributed by atoms with Crippen LogP contribution in [0.15, 0.2) is 28.7 Å². The molecule has 1 aliphatic rings. The number of halogens is 2. The molecular weight excluding hydrogens is 297 g/mol. The van der Waals surface area contributed by atoms with Gasteiger partial charge in [0.2, 0.25) is 0 Å². The number of nitrogens with two attached hydrogens (primary N) is 1. The molecule has 0 unspecified atom stereocenters. The van der Waals surface area contributed by atoms with Gasteiger partial charge in [0.15, 0.2) is 5.82 Å². The van der Waals surface area contributed by atoms with E-state index in [4.69, 9.17) is 5.73 Å². The van der Waals surface area contributed by atoms with Gasteiger partial charge in [-0.15, -0.1) is 0 Å². The summed E-state index contributed by atoms with van der Waals surface area (Å²) in [5.74, 6) is 1.05. The van der Waals surface area contributed by atoms with Gasteiger partial charge < -0.3 is 5.73 Å². The van der Waals surface area contributed by atoms with Gasteiger partial charge in [-0.3, -0.25) is 0 Å². The van der Waals surface area contributed by atoms with Gasteiger partial charge in [-0.25, -0.2) is 14.4 Å². The third-order valence-electron chi connectivity index (χ3n) is 2.95. The van der Waals surface area contributed by atoms with E-state index >= 15 is 0 Å². The fourth-order valence-electron chi connectivity index (χ4n) is 1.87. The Labute approximate surface area is 112 Å². The van der Waals surface area contributed by atoms with E-state index in [-0.39, 0.29) is 5.82 Å². The van der Waals surface area contributed by atoms with Crippen molar-refractivity contribution in [2.45, 2.75) is 18.8 Å². The Morgan fingerprint density at radius 3 is 2.72 bits per heavy atom. The number of rotatable bonds is 2. The molecule has 1 saturated carbocycles. The zero-order valence-corrected chi connectivity index (χ0v) is 11.1. The first-order valence-corrected chi connectivity index (χ1v) is 6.53. The van der Waals surface area contributed by atoms with Crippen LogP contribution in [0.1, 0.15) is 24.5 Å². The van der Waals surface area contributed by atoms with Gasteiger partial charge in [-0.05, 0) is 40.9 Å². The van der Waals surface area contributed by atoms with Gasteiger partial charge in [0, 0.05) is 11.5 Å². The normalized spacial score (nSPS) is 14.8. The number of nitrogen functional groups attached to an aromatic ring is 1. The third kappa shape index (κ3) is 2.10. The Kier molecular flexibility index (Phi) is 2.78. The van der Waals surface area contributed by atoms with Gasteiger partial charge in [0.25, 0.3) is 0 Å². The summed E-state index contributed by atoms with van der Waals surface area (Å²) in [6.07, 6.45) is 2.25. The average molecular weight is 308 g/mol. The molecule has 1 heterocycles. The van der Waals surface area contributed by atoms with E-state index in [1.165, 1.54) is 12.1 Å². The van der Waals surface area contributed by atoms with Crippen molar-refractivity contribution in [2.75, 3.05) is 5.73 Å². The molecule has 0 bridgehead atoms. The first kappa shape index (κ1) is 11.6. The molecule has 1 aromatic heterocycles. The lowest BCUT2D eigenvalue weighted by Gasteiger charge is -2.08. The Morgan fingerprint density at radius 2 is 2.06 bits per heavy atom. The van der Waals surface area contributed by atoms with Gasteiger partial charge >= 0.3 is 0 Å². The minimum Gasteiger partial charge on any atom is -0.383 e. The maximum Gasteiger partial charge on any atom is 0.161 e. The van der Waals surface area contributed by atoms with Crippen LogP contribution in [0.4, 0.5) is 10.2 Å². The van der Waals surface area contributed by atoms with Crippen LogP contribution in [0, 0.1) is 5.82 Å². The fraction of sp³-hybridized carbons (Fsp3) is 0.231. The van der Waals surface area contributed by atoms with E-state index in [9.17, 15) is 4.39 Å². The van der Waals surface area contributed by atoms with Crippen molar-refractivity contribution in [1.82, 2.24) is 9.97 Å². The molecule has 0 amide bonds. The molecule has 3 rings (SSSR count). The standard InChI is InChI=1S/C13H11BrFN3/c14-10-11(7-4-5-7)17-13(18-12(10)16)8-2-1-3-9(15)6-8/h1-3,6-7H,4-5H2,(H2,16,17,18). The largest absolute Gasteiger partial charge is 0.383 e. The minimum absolute atomic E-state index is 0.300. The Balaban J connectivity index is 2.12. The first-order valence-electron chi connectivity index (χ1n) is 5.74. The van der Waals surface area contributed by atoms with E-state index in [1.54, 1.807) is 12.1 Å². The van der Waals surface area contributed by atoms with E-state index in [1.807, 2.05) is 0 Å². The maximum atomic E-state index is 13.2. The second-order valence-electron chi connectivity index (χ2n) is 4.42. The monoisotopic (exact) mass is 307 g/mol. The van der Waals surface area contributed by atoms with Gasteiger partial charge in [-0.1, -0.05) is 12.1 Å². The molecule has 0 atom stereocenters.